The number of nitrogens with one attached hydrogen (secondary N) is 1. The largest absolute Gasteiger partial charge is 0.341 e. The van der Waals surface area contributed by atoms with Gasteiger partial charge in [-0.2, -0.15) is 0 Å². The molecule has 2 rings (SSSR count). The first kappa shape index (κ1) is 16.0. The lowest BCUT2D eigenvalue weighted by Crippen LogP contribution is -2.51. The van der Waals surface area contributed by atoms with Gasteiger partial charge in [-0.25, -0.2) is 0 Å². The molecule has 0 aromatic carbocycles. The summed E-state index contributed by atoms with van der Waals surface area (Å²) in [5, 5.41) is 4.66. The van der Waals surface area contributed by atoms with Gasteiger partial charge in [0.2, 0.25) is 5.91 Å². The van der Waals surface area contributed by atoms with Crippen molar-refractivity contribution < 1.29 is 9.59 Å². The van der Waals surface area contributed by atoms with Crippen molar-refractivity contribution in [2.75, 3.05) is 7.05 Å². The number of hydrogen-bond donors (Lipinski definition) is 1. The highest BCUT2D eigenvalue weighted by atomic mass is 32.1. The van der Waals surface area contributed by atoms with Gasteiger partial charge in [0.15, 0.2) is 0 Å². The van der Waals surface area contributed by atoms with Crippen LogP contribution < -0.4 is 5.32 Å². The van der Waals surface area contributed by atoms with Gasteiger partial charge in [-0.3, -0.25) is 9.59 Å². The van der Waals surface area contributed by atoms with Gasteiger partial charge in [-0.1, -0.05) is 25.8 Å². The van der Waals surface area contributed by atoms with Crippen LogP contribution in [0, 0.1) is 5.92 Å². The number of amides is 2. The predicted molar refractivity (Wildman–Crippen MR) is 85.4 cm³/mol. The molecule has 1 fully saturated rings. The Bertz CT molecular complexity index is 486. The molecule has 5 heteroatoms. The minimum absolute atomic E-state index is 0.00124. The van der Waals surface area contributed by atoms with Crippen molar-refractivity contribution in [1.29, 1.82) is 0 Å². The molecule has 1 aliphatic rings. The summed E-state index contributed by atoms with van der Waals surface area (Å²) in [6.07, 6.45) is 4.68. The van der Waals surface area contributed by atoms with Gasteiger partial charge in [0.05, 0.1) is 4.88 Å². The van der Waals surface area contributed by atoms with Crippen LogP contribution in [0.2, 0.25) is 0 Å². The first-order chi connectivity index (χ1) is 10.0. The van der Waals surface area contributed by atoms with E-state index < -0.39 is 6.04 Å². The van der Waals surface area contributed by atoms with E-state index in [-0.39, 0.29) is 11.8 Å². The monoisotopic (exact) mass is 308 g/mol. The standard InChI is InChI=1S/C16H24N2O2S/c1-11-7-4-5-8-13(11)18(3)16(20)12(2)17-15(19)14-9-6-10-21-14/h6,9-13H,4-5,7-8H2,1-3H3,(H,17,19). The highest BCUT2D eigenvalue weighted by molar-refractivity contribution is 7.12. The van der Waals surface area contributed by atoms with E-state index >= 15 is 0 Å². The van der Waals surface area contributed by atoms with Crippen LogP contribution in [0.1, 0.15) is 49.2 Å². The molecule has 0 spiro atoms. The van der Waals surface area contributed by atoms with Crippen molar-refractivity contribution in [3.05, 3.63) is 22.4 Å². The third kappa shape index (κ3) is 3.84. The maximum Gasteiger partial charge on any atom is 0.261 e. The summed E-state index contributed by atoms with van der Waals surface area (Å²) in [6, 6.07) is 3.41. The molecule has 21 heavy (non-hydrogen) atoms. The number of carbonyl (C=O) groups is 2. The number of rotatable bonds is 4. The molecule has 116 valence electrons. The topological polar surface area (TPSA) is 49.4 Å². The fraction of sp³-hybridized carbons (Fsp3) is 0.625. The summed E-state index contributed by atoms with van der Waals surface area (Å²) >= 11 is 1.38. The Morgan fingerprint density at radius 2 is 2.10 bits per heavy atom. The molecule has 3 unspecified atom stereocenters. The number of thiophene rings is 1. The first-order valence-electron chi connectivity index (χ1n) is 7.61. The quantitative estimate of drug-likeness (QED) is 0.930. The van der Waals surface area contributed by atoms with E-state index in [4.69, 9.17) is 0 Å². The van der Waals surface area contributed by atoms with Crippen LogP contribution in [-0.2, 0) is 4.79 Å². The smallest absolute Gasteiger partial charge is 0.261 e. The van der Waals surface area contributed by atoms with Crippen LogP contribution in [0.5, 0.6) is 0 Å². The summed E-state index contributed by atoms with van der Waals surface area (Å²) < 4.78 is 0. The van der Waals surface area contributed by atoms with Gasteiger partial charge < -0.3 is 10.2 Å². The Hall–Kier alpha value is -1.36. The van der Waals surface area contributed by atoms with Gasteiger partial charge in [-0.05, 0) is 37.1 Å². The molecule has 3 atom stereocenters. The van der Waals surface area contributed by atoms with Crippen molar-refractivity contribution in [2.45, 2.75) is 51.6 Å². The van der Waals surface area contributed by atoms with Crippen molar-refractivity contribution in [2.24, 2.45) is 5.92 Å². The lowest BCUT2D eigenvalue weighted by Gasteiger charge is -2.37. The van der Waals surface area contributed by atoms with Crippen molar-refractivity contribution in [3.8, 4) is 0 Å². The fourth-order valence-electron chi connectivity index (χ4n) is 3.08. The van der Waals surface area contributed by atoms with E-state index in [0.717, 1.165) is 6.42 Å². The van der Waals surface area contributed by atoms with Gasteiger partial charge in [-0.15, -0.1) is 11.3 Å². The molecule has 1 aliphatic carbocycles. The number of likely N-dealkylation sites (N-methyl/N-ethyl adjacent to an activating group) is 1. The zero-order chi connectivity index (χ0) is 15.4. The fourth-order valence-corrected chi connectivity index (χ4v) is 3.71. The van der Waals surface area contributed by atoms with Gasteiger partial charge in [0.25, 0.3) is 5.91 Å². The lowest BCUT2D eigenvalue weighted by atomic mass is 9.85. The van der Waals surface area contributed by atoms with Crippen LogP contribution in [0.15, 0.2) is 17.5 Å². The van der Waals surface area contributed by atoms with Crippen molar-refractivity contribution in [3.63, 3.8) is 0 Å². The molecular formula is C16H24N2O2S. The van der Waals surface area contributed by atoms with E-state index in [0.29, 0.717) is 16.8 Å². The highest BCUT2D eigenvalue weighted by Gasteiger charge is 2.30. The zero-order valence-corrected chi connectivity index (χ0v) is 13.8. The Labute approximate surface area is 130 Å². The SMILES string of the molecule is CC(NC(=O)c1cccs1)C(=O)N(C)C1CCCCC1C. The van der Waals surface area contributed by atoms with E-state index in [1.54, 1.807) is 13.0 Å². The minimum Gasteiger partial charge on any atom is -0.341 e. The van der Waals surface area contributed by atoms with Crippen molar-refractivity contribution in [1.82, 2.24) is 10.2 Å². The van der Waals surface area contributed by atoms with Crippen LogP contribution in [0.25, 0.3) is 0 Å². The lowest BCUT2D eigenvalue weighted by molar-refractivity contribution is -0.135. The predicted octanol–water partition coefficient (Wildman–Crippen LogP) is 2.90. The maximum absolute atomic E-state index is 12.5. The highest BCUT2D eigenvalue weighted by Crippen LogP contribution is 2.27. The molecule has 1 aromatic rings. The summed E-state index contributed by atoms with van der Waals surface area (Å²) in [5.41, 5.74) is 0. The van der Waals surface area contributed by atoms with Crippen LogP contribution in [0.3, 0.4) is 0 Å². The molecule has 2 amide bonds. The molecule has 0 radical (unpaired) electrons. The third-order valence-corrected chi connectivity index (χ3v) is 5.24. The average molecular weight is 308 g/mol. The van der Waals surface area contributed by atoms with E-state index in [1.807, 2.05) is 23.4 Å². The summed E-state index contributed by atoms with van der Waals surface area (Å²) in [7, 11) is 1.86. The molecule has 0 bridgehead atoms. The molecule has 1 saturated carbocycles. The molecule has 1 aromatic heterocycles. The Kier molecular flexibility index (Phi) is 5.39. The number of nitrogens with zero attached hydrogens (tertiary/aromatic N) is 1. The van der Waals surface area contributed by atoms with E-state index in [9.17, 15) is 9.59 Å². The number of hydrogen-bond acceptors (Lipinski definition) is 3. The molecule has 1 heterocycles. The first-order valence-corrected chi connectivity index (χ1v) is 8.49. The molecule has 0 saturated heterocycles. The van der Waals surface area contributed by atoms with Crippen LogP contribution in [-0.4, -0.2) is 35.8 Å². The Morgan fingerprint density at radius 1 is 1.38 bits per heavy atom. The summed E-state index contributed by atoms with van der Waals surface area (Å²) in [6.45, 7) is 3.97. The molecule has 4 nitrogen and oxygen atoms in total. The third-order valence-electron chi connectivity index (χ3n) is 4.37. The van der Waals surface area contributed by atoms with E-state index in [2.05, 4.69) is 12.2 Å². The zero-order valence-electron chi connectivity index (χ0n) is 13.0. The minimum atomic E-state index is -0.487. The van der Waals surface area contributed by atoms with Crippen molar-refractivity contribution >= 4 is 23.2 Å². The van der Waals surface area contributed by atoms with Crippen LogP contribution in [0.4, 0.5) is 0 Å². The molecule has 1 N–H and O–H groups in total. The van der Waals surface area contributed by atoms with E-state index in [1.165, 1.54) is 30.6 Å². The average Bonchev–Trinajstić information content (AvgIpc) is 3.00. The summed E-state index contributed by atoms with van der Waals surface area (Å²) in [5.74, 6) is 0.363. The normalized spacial score (nSPS) is 23.4. The molecule has 0 aliphatic heterocycles. The van der Waals surface area contributed by atoms with Gasteiger partial charge >= 0.3 is 0 Å². The Morgan fingerprint density at radius 3 is 2.71 bits per heavy atom. The van der Waals surface area contributed by atoms with Gasteiger partial charge in [0, 0.05) is 13.1 Å². The second-order valence-electron chi connectivity index (χ2n) is 5.95. The Balaban J connectivity index is 1.93. The van der Waals surface area contributed by atoms with Crippen LogP contribution >= 0.6 is 11.3 Å². The van der Waals surface area contributed by atoms with Gasteiger partial charge in [0.1, 0.15) is 6.04 Å². The number of carbonyl (C=O) groups excluding carboxylic acids is 2. The summed E-state index contributed by atoms with van der Waals surface area (Å²) in [4.78, 5) is 27.0. The molecular weight excluding hydrogens is 284 g/mol. The second-order valence-corrected chi connectivity index (χ2v) is 6.90. The second kappa shape index (κ2) is 7.07. The maximum atomic E-state index is 12.5.